The third-order valence-corrected chi connectivity index (χ3v) is 7.22. The van der Waals surface area contributed by atoms with E-state index in [-0.39, 0.29) is 36.8 Å². The lowest BCUT2D eigenvalue weighted by Gasteiger charge is -2.34. The average molecular weight is 494 g/mol. The van der Waals surface area contributed by atoms with Crippen molar-refractivity contribution in [2.45, 2.75) is 4.75 Å². The monoisotopic (exact) mass is 492 g/mol. The van der Waals surface area contributed by atoms with Crippen LogP contribution in [-0.4, -0.2) is 23.2 Å². The van der Waals surface area contributed by atoms with Crippen LogP contribution in [0.25, 0.3) is 0 Å². The van der Waals surface area contributed by atoms with Crippen molar-refractivity contribution in [3.63, 3.8) is 0 Å². The summed E-state index contributed by atoms with van der Waals surface area (Å²) in [5.74, 6) is -1.40. The smallest absolute Gasteiger partial charge is 0.283 e. The van der Waals surface area contributed by atoms with Gasteiger partial charge in [-0.05, 0) is 24.3 Å². The van der Waals surface area contributed by atoms with E-state index >= 15 is 0 Å². The molecule has 0 aliphatic rings. The molecule has 0 amide bonds. The number of hydrogen-bond donors (Lipinski definition) is 3. The first-order valence-electron chi connectivity index (χ1n) is 7.90. The normalized spacial score (nSPS) is 13.8. The van der Waals surface area contributed by atoms with Gasteiger partial charge in [-0.2, -0.15) is 8.42 Å². The molecule has 0 spiro atoms. The highest BCUT2D eigenvalue weighted by Gasteiger charge is 2.52. The Morgan fingerprint density at radius 2 is 1.28 bits per heavy atom. The van der Waals surface area contributed by atoms with Crippen LogP contribution in [0.3, 0.4) is 0 Å². The van der Waals surface area contributed by atoms with E-state index in [1.54, 1.807) is 6.07 Å². The summed E-state index contributed by atoms with van der Waals surface area (Å²) < 4.78 is 33.9. The van der Waals surface area contributed by atoms with Gasteiger partial charge in [0.15, 0.2) is 16.2 Å². The molecule has 0 aromatic heterocycles. The predicted molar refractivity (Wildman–Crippen MR) is 114 cm³/mol. The molecular weight excluding hydrogens is 482 g/mol. The van der Waals surface area contributed by atoms with Crippen molar-refractivity contribution in [2.75, 3.05) is 0 Å². The molecule has 1 atom stereocenters. The van der Waals surface area contributed by atoms with Crippen molar-refractivity contribution in [3.8, 4) is 11.5 Å². The highest BCUT2D eigenvalue weighted by molar-refractivity contribution is 7.87. The van der Waals surface area contributed by atoms with E-state index in [9.17, 15) is 23.2 Å². The van der Waals surface area contributed by atoms with Gasteiger partial charge in [0.1, 0.15) is 0 Å². The predicted octanol–water partition coefficient (Wildman–Crippen LogP) is 5.89. The van der Waals surface area contributed by atoms with Crippen molar-refractivity contribution in [1.29, 1.82) is 0 Å². The zero-order chi connectivity index (χ0) is 21.6. The number of aromatic hydroxyl groups is 2. The van der Waals surface area contributed by atoms with Crippen LogP contribution >= 0.6 is 46.4 Å². The maximum Gasteiger partial charge on any atom is 0.283 e. The number of phenolic OH excluding ortho intramolecular Hbond substituents is 2. The maximum atomic E-state index is 13.0. The van der Waals surface area contributed by atoms with E-state index in [1.165, 1.54) is 36.4 Å². The van der Waals surface area contributed by atoms with Crippen LogP contribution in [0.15, 0.2) is 54.6 Å². The summed E-state index contributed by atoms with van der Waals surface area (Å²) in [5, 5.41) is 20.4. The Hall–Kier alpha value is -1.67. The molecular formula is C19H12Cl4O5S. The Morgan fingerprint density at radius 3 is 1.90 bits per heavy atom. The van der Waals surface area contributed by atoms with Gasteiger partial charge in [-0.3, -0.25) is 4.55 Å². The number of benzene rings is 3. The van der Waals surface area contributed by atoms with Gasteiger partial charge in [0.25, 0.3) is 10.1 Å². The van der Waals surface area contributed by atoms with E-state index in [4.69, 9.17) is 46.4 Å². The number of hydrogen-bond acceptors (Lipinski definition) is 4. The fourth-order valence-corrected chi connectivity index (χ4v) is 5.63. The van der Waals surface area contributed by atoms with Gasteiger partial charge in [0.2, 0.25) is 0 Å². The standard InChI is InChI=1S/C19H12Cl4O5S/c20-13-6-2-1-4-10(13)19(29(26,27)28,11-5-3-7-17(24)18(11)25)12-8-15(22)16(23)9-14(12)21/h1-9,24-25H,(H,26,27,28). The summed E-state index contributed by atoms with van der Waals surface area (Å²) in [5.41, 5.74) is -0.719. The van der Waals surface area contributed by atoms with Crippen LogP contribution < -0.4 is 0 Å². The first-order chi connectivity index (χ1) is 13.5. The number of para-hydroxylation sites is 1. The molecule has 0 radical (unpaired) electrons. The van der Waals surface area contributed by atoms with Gasteiger partial charge in [0.05, 0.1) is 10.0 Å². The third kappa shape index (κ3) is 3.54. The molecule has 0 heterocycles. The minimum Gasteiger partial charge on any atom is -0.504 e. The Morgan fingerprint density at radius 1 is 0.690 bits per heavy atom. The Balaban J connectivity index is 2.66. The highest BCUT2D eigenvalue weighted by atomic mass is 35.5. The highest BCUT2D eigenvalue weighted by Crippen LogP contribution is 2.53. The van der Waals surface area contributed by atoms with Crippen LogP contribution in [0.4, 0.5) is 0 Å². The lowest BCUT2D eigenvalue weighted by Crippen LogP contribution is -2.39. The molecule has 0 aliphatic heterocycles. The lowest BCUT2D eigenvalue weighted by molar-refractivity contribution is 0.393. The Bertz CT molecular complexity index is 1210. The summed E-state index contributed by atoms with van der Waals surface area (Å²) in [4.78, 5) is 0. The lowest BCUT2D eigenvalue weighted by atomic mass is 9.83. The largest absolute Gasteiger partial charge is 0.504 e. The van der Waals surface area contributed by atoms with E-state index in [1.807, 2.05) is 0 Å². The first-order valence-corrected chi connectivity index (χ1v) is 10.9. The van der Waals surface area contributed by atoms with Gasteiger partial charge < -0.3 is 10.2 Å². The van der Waals surface area contributed by atoms with Gasteiger partial charge >= 0.3 is 0 Å². The summed E-state index contributed by atoms with van der Waals surface area (Å²) in [7, 11) is -5.14. The fraction of sp³-hybridized carbons (Fsp3) is 0.0526. The second-order valence-electron chi connectivity index (χ2n) is 6.06. The van der Waals surface area contributed by atoms with Gasteiger partial charge in [-0.15, -0.1) is 0 Å². The molecule has 3 aromatic carbocycles. The molecule has 3 N–H and O–H groups in total. The third-order valence-electron chi connectivity index (χ3n) is 4.42. The van der Waals surface area contributed by atoms with E-state index < -0.39 is 26.4 Å². The van der Waals surface area contributed by atoms with Crippen LogP contribution in [0.2, 0.25) is 20.1 Å². The van der Waals surface area contributed by atoms with Crippen LogP contribution in [0, 0.1) is 0 Å². The molecule has 152 valence electrons. The second kappa shape index (κ2) is 7.87. The quantitative estimate of drug-likeness (QED) is 0.182. The van der Waals surface area contributed by atoms with Crippen molar-refractivity contribution < 1.29 is 23.2 Å². The maximum absolute atomic E-state index is 13.0. The number of rotatable bonds is 4. The fourth-order valence-electron chi connectivity index (χ4n) is 3.21. The average Bonchev–Trinajstić information content (AvgIpc) is 2.63. The topological polar surface area (TPSA) is 94.8 Å². The van der Waals surface area contributed by atoms with Gasteiger partial charge in [0, 0.05) is 26.7 Å². The van der Waals surface area contributed by atoms with Crippen LogP contribution in [-0.2, 0) is 14.9 Å². The molecule has 3 aromatic rings. The van der Waals surface area contributed by atoms with Crippen molar-refractivity contribution >= 4 is 56.5 Å². The molecule has 0 fully saturated rings. The number of phenols is 2. The Kier molecular flexibility index (Phi) is 5.98. The van der Waals surface area contributed by atoms with Crippen molar-refractivity contribution in [1.82, 2.24) is 0 Å². The molecule has 0 aliphatic carbocycles. The minimum absolute atomic E-state index is 0.0453. The van der Waals surface area contributed by atoms with Crippen LogP contribution in [0.1, 0.15) is 16.7 Å². The summed E-state index contributed by atoms with van der Waals surface area (Å²) >= 11 is 24.7. The zero-order valence-electron chi connectivity index (χ0n) is 14.3. The van der Waals surface area contributed by atoms with Gasteiger partial charge in [-0.25, -0.2) is 0 Å². The second-order valence-corrected chi connectivity index (χ2v) is 9.25. The zero-order valence-corrected chi connectivity index (χ0v) is 18.1. The first kappa shape index (κ1) is 22.0. The summed E-state index contributed by atoms with van der Waals surface area (Å²) in [6.07, 6.45) is 0. The minimum atomic E-state index is -5.14. The molecule has 5 nitrogen and oxygen atoms in total. The van der Waals surface area contributed by atoms with Crippen LogP contribution in [0.5, 0.6) is 11.5 Å². The van der Waals surface area contributed by atoms with Gasteiger partial charge in [-0.1, -0.05) is 76.7 Å². The summed E-state index contributed by atoms with van der Waals surface area (Å²) in [6.45, 7) is 0. The molecule has 0 bridgehead atoms. The van der Waals surface area contributed by atoms with E-state index in [2.05, 4.69) is 0 Å². The molecule has 3 rings (SSSR count). The number of halogens is 4. The molecule has 10 heteroatoms. The van der Waals surface area contributed by atoms with E-state index in [0.29, 0.717) is 0 Å². The molecule has 0 saturated heterocycles. The molecule has 0 saturated carbocycles. The SMILES string of the molecule is O=S(=O)(O)C(c1ccccc1Cl)(c1cc(Cl)c(Cl)cc1Cl)c1cccc(O)c1O. The molecule has 29 heavy (non-hydrogen) atoms. The van der Waals surface area contributed by atoms with Crippen molar-refractivity contribution in [3.05, 3.63) is 91.4 Å². The van der Waals surface area contributed by atoms with Crippen molar-refractivity contribution in [2.24, 2.45) is 0 Å². The Labute approximate surface area is 186 Å². The molecule has 1 unspecified atom stereocenters. The van der Waals surface area contributed by atoms with E-state index in [0.717, 1.165) is 12.1 Å². The summed E-state index contributed by atoms with van der Waals surface area (Å²) in [6, 6.07) is 11.8.